The van der Waals surface area contributed by atoms with Crippen LogP contribution in [0.3, 0.4) is 0 Å². The molecule has 3 aromatic rings. The maximum Gasteiger partial charge on any atom is 0.338 e. The number of hydrogen-bond acceptors (Lipinski definition) is 7. The third-order valence-corrected chi connectivity index (χ3v) is 4.94. The Hall–Kier alpha value is -3.50. The zero-order valence-electron chi connectivity index (χ0n) is 16.1. The smallest absolute Gasteiger partial charge is 0.338 e. The van der Waals surface area contributed by atoms with Gasteiger partial charge >= 0.3 is 11.7 Å². The first-order valence-corrected chi connectivity index (χ1v) is 9.35. The molecule has 1 aromatic carbocycles. The van der Waals surface area contributed by atoms with E-state index < -0.39 is 35.7 Å². The van der Waals surface area contributed by atoms with Crippen LogP contribution in [-0.2, 0) is 9.47 Å². The molecule has 0 radical (unpaired) electrons. The summed E-state index contributed by atoms with van der Waals surface area (Å²) in [5.74, 6) is 0.0395. The van der Waals surface area contributed by atoms with E-state index in [1.165, 1.54) is 17.0 Å². The van der Waals surface area contributed by atoms with Crippen LogP contribution in [0.25, 0.3) is 5.69 Å². The van der Waals surface area contributed by atoms with Gasteiger partial charge in [-0.05, 0) is 19.1 Å². The van der Waals surface area contributed by atoms with Crippen molar-refractivity contribution in [1.29, 1.82) is 0 Å². The van der Waals surface area contributed by atoms with Crippen LogP contribution in [0, 0.1) is 6.92 Å². The highest BCUT2D eigenvalue weighted by molar-refractivity contribution is 5.89. The number of benzene rings is 1. The highest BCUT2D eigenvalue weighted by Crippen LogP contribution is 2.28. The summed E-state index contributed by atoms with van der Waals surface area (Å²) in [5.41, 5.74) is -0.648. The number of aliphatic hydroxyl groups excluding tert-OH is 1. The van der Waals surface area contributed by atoms with Gasteiger partial charge in [0.15, 0.2) is 0 Å². The summed E-state index contributed by atoms with van der Waals surface area (Å²) in [6.07, 6.45) is 2.03. The summed E-state index contributed by atoms with van der Waals surface area (Å²) in [6, 6.07) is 8.46. The SMILES string of the molecule is Cc1nccn1-c1cn(C2CC(O)C(COC(=O)c3ccccc3)O2)c(=O)[nH]c1=O. The lowest BCUT2D eigenvalue weighted by Gasteiger charge is -2.17. The van der Waals surface area contributed by atoms with Gasteiger partial charge < -0.3 is 14.6 Å². The number of ether oxygens (including phenoxy) is 2. The molecule has 0 aliphatic carbocycles. The Labute approximate surface area is 170 Å². The minimum Gasteiger partial charge on any atom is -0.459 e. The monoisotopic (exact) mass is 412 g/mol. The van der Waals surface area contributed by atoms with Crippen molar-refractivity contribution in [2.45, 2.75) is 31.8 Å². The molecule has 1 saturated heterocycles. The van der Waals surface area contributed by atoms with E-state index in [9.17, 15) is 19.5 Å². The molecule has 0 spiro atoms. The average Bonchev–Trinajstić information content (AvgIpc) is 3.32. The van der Waals surface area contributed by atoms with Crippen molar-refractivity contribution in [2.24, 2.45) is 0 Å². The number of aromatic nitrogens is 4. The first kappa shape index (κ1) is 19.8. The van der Waals surface area contributed by atoms with Gasteiger partial charge in [-0.15, -0.1) is 0 Å². The van der Waals surface area contributed by atoms with Crippen molar-refractivity contribution in [3.63, 3.8) is 0 Å². The van der Waals surface area contributed by atoms with E-state index >= 15 is 0 Å². The topological polar surface area (TPSA) is 128 Å². The first-order chi connectivity index (χ1) is 14.4. The Morgan fingerprint density at radius 2 is 2.10 bits per heavy atom. The van der Waals surface area contributed by atoms with Crippen molar-refractivity contribution in [2.75, 3.05) is 6.61 Å². The zero-order valence-corrected chi connectivity index (χ0v) is 16.1. The fourth-order valence-corrected chi connectivity index (χ4v) is 3.34. The fourth-order valence-electron chi connectivity index (χ4n) is 3.34. The second kappa shape index (κ2) is 8.09. The molecule has 2 N–H and O–H groups in total. The molecule has 0 bridgehead atoms. The molecule has 10 heteroatoms. The van der Waals surface area contributed by atoms with Crippen LogP contribution >= 0.6 is 0 Å². The molecule has 0 amide bonds. The van der Waals surface area contributed by atoms with Crippen LogP contribution in [-0.4, -0.2) is 49.0 Å². The minimum atomic E-state index is -0.948. The number of carbonyl (C=O) groups is 1. The van der Waals surface area contributed by atoms with E-state index in [-0.39, 0.29) is 18.7 Å². The number of nitrogens with one attached hydrogen (secondary N) is 1. The Morgan fingerprint density at radius 3 is 2.80 bits per heavy atom. The molecule has 30 heavy (non-hydrogen) atoms. The molecule has 0 saturated carbocycles. The molecule has 3 heterocycles. The maximum atomic E-state index is 12.3. The van der Waals surface area contributed by atoms with Gasteiger partial charge in [0, 0.05) is 25.0 Å². The minimum absolute atomic E-state index is 0.0991. The van der Waals surface area contributed by atoms with E-state index in [1.54, 1.807) is 48.0 Å². The predicted octanol–water partition coefficient (Wildman–Crippen LogP) is 0.536. The van der Waals surface area contributed by atoms with Crippen LogP contribution in [0.1, 0.15) is 28.8 Å². The number of H-pyrrole nitrogens is 1. The second-order valence-electron chi connectivity index (χ2n) is 6.92. The Bertz CT molecular complexity index is 1170. The summed E-state index contributed by atoms with van der Waals surface area (Å²) in [5, 5.41) is 10.3. The summed E-state index contributed by atoms with van der Waals surface area (Å²) in [7, 11) is 0. The number of hydrogen-bond donors (Lipinski definition) is 2. The summed E-state index contributed by atoms with van der Waals surface area (Å²) in [4.78, 5) is 43.0. The third kappa shape index (κ3) is 3.82. The number of aromatic amines is 1. The van der Waals surface area contributed by atoms with Gasteiger partial charge in [-0.3, -0.25) is 18.9 Å². The van der Waals surface area contributed by atoms with Crippen molar-refractivity contribution < 1.29 is 19.4 Å². The molecular formula is C20H20N4O6. The van der Waals surface area contributed by atoms with Crippen LogP contribution in [0.2, 0.25) is 0 Å². The van der Waals surface area contributed by atoms with Gasteiger partial charge in [0.1, 0.15) is 30.5 Å². The third-order valence-electron chi connectivity index (χ3n) is 4.94. The molecule has 156 valence electrons. The molecule has 1 aliphatic heterocycles. The highest BCUT2D eigenvalue weighted by Gasteiger charge is 2.36. The average molecular weight is 412 g/mol. The van der Waals surface area contributed by atoms with Gasteiger partial charge in [-0.2, -0.15) is 0 Å². The van der Waals surface area contributed by atoms with Gasteiger partial charge in [0.05, 0.1) is 11.7 Å². The van der Waals surface area contributed by atoms with Crippen molar-refractivity contribution >= 4 is 5.97 Å². The molecule has 2 aromatic heterocycles. The maximum absolute atomic E-state index is 12.3. The molecule has 1 aliphatic rings. The van der Waals surface area contributed by atoms with E-state index in [1.807, 2.05) is 0 Å². The van der Waals surface area contributed by atoms with Crippen LogP contribution in [0.15, 0.2) is 58.5 Å². The number of imidazole rings is 1. The number of nitrogens with zero attached hydrogens (tertiary/aromatic N) is 3. The Kier molecular flexibility index (Phi) is 5.34. The van der Waals surface area contributed by atoms with Crippen molar-refractivity contribution in [3.05, 3.63) is 81.1 Å². The lowest BCUT2D eigenvalue weighted by molar-refractivity contribution is -0.0531. The Balaban J connectivity index is 1.51. The lowest BCUT2D eigenvalue weighted by Crippen LogP contribution is -2.34. The van der Waals surface area contributed by atoms with Gasteiger partial charge in [0.25, 0.3) is 5.56 Å². The largest absolute Gasteiger partial charge is 0.459 e. The normalized spacial score (nSPS) is 20.9. The summed E-state index contributed by atoms with van der Waals surface area (Å²) >= 11 is 0. The van der Waals surface area contributed by atoms with E-state index in [2.05, 4.69) is 9.97 Å². The van der Waals surface area contributed by atoms with Gasteiger partial charge in [-0.25, -0.2) is 14.6 Å². The van der Waals surface area contributed by atoms with Crippen LogP contribution in [0.4, 0.5) is 0 Å². The summed E-state index contributed by atoms with van der Waals surface area (Å²) < 4.78 is 13.7. The highest BCUT2D eigenvalue weighted by atomic mass is 16.6. The molecule has 4 rings (SSSR count). The van der Waals surface area contributed by atoms with Crippen LogP contribution in [0.5, 0.6) is 0 Å². The van der Waals surface area contributed by atoms with Crippen molar-refractivity contribution in [3.8, 4) is 5.69 Å². The molecule has 10 nitrogen and oxygen atoms in total. The number of aliphatic hydroxyl groups is 1. The van der Waals surface area contributed by atoms with Crippen LogP contribution < -0.4 is 11.2 Å². The standard InChI is InChI=1S/C20H20N4O6/c1-12-21-7-8-23(12)14-10-24(20(28)22-18(14)26)17-9-15(25)16(30-17)11-29-19(27)13-5-3-2-4-6-13/h2-8,10,15-17,25H,9,11H2,1H3,(H,22,26,28). The lowest BCUT2D eigenvalue weighted by atomic mass is 10.2. The number of esters is 1. The zero-order chi connectivity index (χ0) is 21.3. The quantitative estimate of drug-likeness (QED) is 0.585. The van der Waals surface area contributed by atoms with Gasteiger partial charge in [-0.1, -0.05) is 18.2 Å². The molecule has 3 atom stereocenters. The fraction of sp³-hybridized carbons (Fsp3) is 0.300. The Morgan fingerprint density at radius 1 is 1.33 bits per heavy atom. The van der Waals surface area contributed by atoms with E-state index in [4.69, 9.17) is 9.47 Å². The van der Waals surface area contributed by atoms with E-state index in [0.717, 1.165) is 0 Å². The molecule has 3 unspecified atom stereocenters. The van der Waals surface area contributed by atoms with Crippen molar-refractivity contribution in [1.82, 2.24) is 19.1 Å². The number of rotatable bonds is 5. The van der Waals surface area contributed by atoms with E-state index in [0.29, 0.717) is 11.4 Å². The summed E-state index contributed by atoms with van der Waals surface area (Å²) in [6.45, 7) is 1.55. The molecule has 1 fully saturated rings. The predicted molar refractivity (Wildman–Crippen MR) is 104 cm³/mol. The number of aryl methyl sites for hydroxylation is 1. The van der Waals surface area contributed by atoms with Gasteiger partial charge in [0.2, 0.25) is 0 Å². The second-order valence-corrected chi connectivity index (χ2v) is 6.92. The number of carbonyl (C=O) groups excluding carboxylic acids is 1. The first-order valence-electron chi connectivity index (χ1n) is 9.35. The molecular weight excluding hydrogens is 392 g/mol.